The highest BCUT2D eigenvalue weighted by Crippen LogP contribution is 2.30. The molecule has 0 bridgehead atoms. The number of carbonyl (C=O) groups is 1. The normalized spacial score (nSPS) is 12.1. The van der Waals surface area contributed by atoms with Gasteiger partial charge >= 0.3 is 0 Å². The van der Waals surface area contributed by atoms with Gasteiger partial charge in [0.05, 0.1) is 40.9 Å². The number of hydrogen-bond donors (Lipinski definition) is 1. The number of carbonyl (C=O) groups excluding carboxylic acids is 1. The van der Waals surface area contributed by atoms with E-state index in [1.165, 1.54) is 19.2 Å². The molecule has 0 unspecified atom stereocenters. The van der Waals surface area contributed by atoms with E-state index in [1.807, 2.05) is 43.1 Å². The van der Waals surface area contributed by atoms with Gasteiger partial charge in [0, 0.05) is 0 Å². The molecule has 8 nitrogen and oxygen atoms in total. The third kappa shape index (κ3) is 4.26. The zero-order valence-electron chi connectivity index (χ0n) is 15.7. The highest BCUT2D eigenvalue weighted by molar-refractivity contribution is 7.18. The van der Waals surface area contributed by atoms with Crippen molar-refractivity contribution in [2.45, 2.75) is 13.0 Å². The SMILES string of the molecule is COc1ccc(NC(=O)CN(C)[C@H](C)c2nc3ccccc3s2)c([N+](=O)[O-])c1. The van der Waals surface area contributed by atoms with E-state index in [2.05, 4.69) is 10.3 Å². The van der Waals surface area contributed by atoms with E-state index in [4.69, 9.17) is 4.74 Å². The average Bonchev–Trinajstić information content (AvgIpc) is 3.11. The van der Waals surface area contributed by atoms with E-state index < -0.39 is 4.92 Å². The molecule has 0 fully saturated rings. The Morgan fingerprint density at radius 2 is 2.11 bits per heavy atom. The molecule has 0 aliphatic heterocycles. The Morgan fingerprint density at radius 3 is 2.79 bits per heavy atom. The summed E-state index contributed by atoms with van der Waals surface area (Å²) in [7, 11) is 3.24. The van der Waals surface area contributed by atoms with Crippen molar-refractivity contribution in [3.63, 3.8) is 0 Å². The number of thiazole rings is 1. The number of methoxy groups -OCH3 is 1. The summed E-state index contributed by atoms with van der Waals surface area (Å²) in [5, 5.41) is 14.8. The molecule has 0 saturated carbocycles. The second kappa shape index (κ2) is 8.32. The third-order valence-electron chi connectivity index (χ3n) is 4.40. The molecule has 1 aromatic heterocycles. The first-order valence-corrected chi connectivity index (χ1v) is 9.38. The minimum atomic E-state index is -0.550. The van der Waals surface area contributed by atoms with Crippen molar-refractivity contribution in [3.8, 4) is 5.75 Å². The number of nitro groups is 1. The first-order chi connectivity index (χ1) is 13.4. The van der Waals surface area contributed by atoms with Gasteiger partial charge in [-0.15, -0.1) is 11.3 Å². The Balaban J connectivity index is 1.69. The monoisotopic (exact) mass is 400 g/mol. The summed E-state index contributed by atoms with van der Waals surface area (Å²) in [6.45, 7) is 2.04. The van der Waals surface area contributed by atoms with Gasteiger partial charge in [-0.3, -0.25) is 19.8 Å². The van der Waals surface area contributed by atoms with Crippen molar-refractivity contribution in [1.29, 1.82) is 0 Å². The first-order valence-electron chi connectivity index (χ1n) is 8.57. The molecule has 146 valence electrons. The number of fused-ring (bicyclic) bond motifs is 1. The van der Waals surface area contributed by atoms with Crippen molar-refractivity contribution < 1.29 is 14.5 Å². The lowest BCUT2D eigenvalue weighted by atomic mass is 10.2. The predicted octanol–water partition coefficient (Wildman–Crippen LogP) is 3.84. The van der Waals surface area contributed by atoms with Gasteiger partial charge in [-0.05, 0) is 38.2 Å². The number of rotatable bonds is 7. The second-order valence-corrected chi connectivity index (χ2v) is 7.36. The van der Waals surface area contributed by atoms with Gasteiger partial charge in [-0.2, -0.15) is 0 Å². The van der Waals surface area contributed by atoms with E-state index in [9.17, 15) is 14.9 Å². The maximum atomic E-state index is 12.4. The Hall–Kier alpha value is -3.04. The number of amides is 1. The molecule has 1 atom stereocenters. The van der Waals surface area contributed by atoms with Gasteiger partial charge in [0.25, 0.3) is 5.69 Å². The van der Waals surface area contributed by atoms with Gasteiger partial charge in [0.1, 0.15) is 16.4 Å². The molecule has 28 heavy (non-hydrogen) atoms. The fourth-order valence-electron chi connectivity index (χ4n) is 2.71. The Bertz CT molecular complexity index is 987. The molecular formula is C19H20N4O4S. The number of likely N-dealkylation sites (N-methyl/N-ethyl adjacent to an activating group) is 1. The van der Waals surface area contributed by atoms with Crippen molar-refractivity contribution in [1.82, 2.24) is 9.88 Å². The number of ether oxygens (including phenoxy) is 1. The summed E-state index contributed by atoms with van der Waals surface area (Å²) in [5.74, 6) is 0.00926. The minimum Gasteiger partial charge on any atom is -0.496 e. The summed E-state index contributed by atoms with van der Waals surface area (Å²) < 4.78 is 6.10. The molecule has 9 heteroatoms. The number of nitrogens with zero attached hydrogens (tertiary/aromatic N) is 3. The molecule has 1 heterocycles. The lowest BCUT2D eigenvalue weighted by Crippen LogP contribution is -2.32. The number of benzene rings is 2. The van der Waals surface area contributed by atoms with Crippen LogP contribution in [0.25, 0.3) is 10.2 Å². The van der Waals surface area contributed by atoms with Gasteiger partial charge < -0.3 is 10.1 Å². The maximum Gasteiger partial charge on any atom is 0.296 e. The zero-order valence-corrected chi connectivity index (χ0v) is 16.5. The molecule has 3 aromatic rings. The van der Waals surface area contributed by atoms with Crippen molar-refractivity contribution in [2.24, 2.45) is 0 Å². The molecule has 0 radical (unpaired) electrons. The van der Waals surface area contributed by atoms with Crippen LogP contribution in [0.5, 0.6) is 5.75 Å². The summed E-state index contributed by atoms with van der Waals surface area (Å²) in [6, 6.07) is 12.1. The van der Waals surface area contributed by atoms with Crippen LogP contribution in [-0.4, -0.2) is 41.4 Å². The van der Waals surface area contributed by atoms with Crippen LogP contribution < -0.4 is 10.1 Å². The number of aromatic nitrogens is 1. The summed E-state index contributed by atoms with van der Waals surface area (Å²) >= 11 is 1.59. The number of nitro benzene ring substituents is 1. The lowest BCUT2D eigenvalue weighted by molar-refractivity contribution is -0.384. The van der Waals surface area contributed by atoms with E-state index in [0.29, 0.717) is 5.75 Å². The quantitative estimate of drug-likeness (QED) is 0.478. The van der Waals surface area contributed by atoms with E-state index >= 15 is 0 Å². The van der Waals surface area contributed by atoms with Crippen LogP contribution in [0.15, 0.2) is 42.5 Å². The highest BCUT2D eigenvalue weighted by Gasteiger charge is 2.21. The van der Waals surface area contributed by atoms with Crippen LogP contribution in [0.2, 0.25) is 0 Å². The van der Waals surface area contributed by atoms with Crippen molar-refractivity contribution in [2.75, 3.05) is 26.0 Å². The molecule has 1 N–H and O–H groups in total. The molecule has 2 aromatic carbocycles. The molecule has 0 aliphatic rings. The first kappa shape index (κ1) is 19.7. The number of nitrogens with one attached hydrogen (secondary N) is 1. The van der Waals surface area contributed by atoms with E-state index in [0.717, 1.165) is 15.2 Å². The van der Waals surface area contributed by atoms with Crippen molar-refractivity contribution in [3.05, 3.63) is 57.6 Å². The fourth-order valence-corrected chi connectivity index (χ4v) is 3.79. The lowest BCUT2D eigenvalue weighted by Gasteiger charge is -2.22. The standard InChI is InChI=1S/C19H20N4O4S/c1-12(19-21-15-6-4-5-7-17(15)28-19)22(2)11-18(24)20-14-9-8-13(27-3)10-16(14)23(25)26/h4-10,12H,11H2,1-3H3,(H,20,24)/t12-/m1/s1. The molecule has 1 amide bonds. The van der Waals surface area contributed by atoms with Gasteiger partial charge in [0.15, 0.2) is 0 Å². The number of anilines is 1. The smallest absolute Gasteiger partial charge is 0.296 e. The van der Waals surface area contributed by atoms with Crippen LogP contribution in [0.1, 0.15) is 18.0 Å². The topological polar surface area (TPSA) is 97.6 Å². The third-order valence-corrected chi connectivity index (χ3v) is 5.60. The van der Waals surface area contributed by atoms with Crippen LogP contribution >= 0.6 is 11.3 Å². The second-order valence-electron chi connectivity index (χ2n) is 6.30. The van der Waals surface area contributed by atoms with Gasteiger partial charge in [-0.1, -0.05) is 12.1 Å². The van der Waals surface area contributed by atoms with Gasteiger partial charge in [-0.25, -0.2) is 4.98 Å². The van der Waals surface area contributed by atoms with Crippen LogP contribution in [0.3, 0.4) is 0 Å². The highest BCUT2D eigenvalue weighted by atomic mass is 32.1. The predicted molar refractivity (Wildman–Crippen MR) is 109 cm³/mol. The summed E-state index contributed by atoms with van der Waals surface area (Å²) in [4.78, 5) is 29.6. The van der Waals surface area contributed by atoms with Crippen molar-refractivity contribution >= 4 is 38.8 Å². The minimum absolute atomic E-state index is 0.0697. The Morgan fingerprint density at radius 1 is 1.36 bits per heavy atom. The van der Waals surface area contributed by atoms with E-state index in [1.54, 1.807) is 17.4 Å². The Kier molecular flexibility index (Phi) is 5.86. The van der Waals surface area contributed by atoms with Gasteiger partial charge in [0.2, 0.25) is 5.91 Å². The van der Waals surface area contributed by atoms with Crippen LogP contribution in [-0.2, 0) is 4.79 Å². The molecule has 3 rings (SSSR count). The van der Waals surface area contributed by atoms with Crippen LogP contribution in [0, 0.1) is 10.1 Å². The van der Waals surface area contributed by atoms with E-state index in [-0.39, 0.29) is 29.9 Å². The number of hydrogen-bond acceptors (Lipinski definition) is 7. The molecule has 0 saturated heterocycles. The summed E-state index contributed by atoms with van der Waals surface area (Å²) in [6.07, 6.45) is 0. The van der Waals surface area contributed by atoms with Crippen LogP contribution in [0.4, 0.5) is 11.4 Å². The molecule has 0 aliphatic carbocycles. The number of para-hydroxylation sites is 1. The average molecular weight is 400 g/mol. The zero-order chi connectivity index (χ0) is 20.3. The largest absolute Gasteiger partial charge is 0.496 e. The summed E-state index contributed by atoms with van der Waals surface area (Å²) in [5.41, 5.74) is 0.854. The Labute approximate surface area is 165 Å². The fraction of sp³-hybridized carbons (Fsp3) is 0.263. The molecular weight excluding hydrogens is 380 g/mol. The maximum absolute atomic E-state index is 12.4. The molecule has 0 spiro atoms.